The Bertz CT molecular complexity index is 454. The van der Waals surface area contributed by atoms with E-state index in [4.69, 9.17) is 5.73 Å². The van der Waals surface area contributed by atoms with E-state index in [1.807, 2.05) is 24.3 Å². The average Bonchev–Trinajstić information content (AvgIpc) is 3.17. The molecule has 2 aliphatic carbocycles. The minimum Gasteiger partial charge on any atom is -0.349 e. The molecule has 0 heterocycles. The Hall–Kier alpha value is -1.06. The van der Waals surface area contributed by atoms with Gasteiger partial charge in [0, 0.05) is 23.6 Å². The average molecular weight is 295 g/mol. The van der Waals surface area contributed by atoms with E-state index in [9.17, 15) is 4.79 Å². The van der Waals surface area contributed by atoms with Crippen molar-refractivity contribution in [3.8, 4) is 0 Å². The van der Waals surface area contributed by atoms with Gasteiger partial charge in [-0.2, -0.15) is 0 Å². The first-order valence-corrected chi connectivity index (χ1v) is 7.40. The fraction of sp³-hybridized carbons (Fsp3) is 0.562. The molecule has 2 aliphatic rings. The molecular formula is C16H23ClN2O. The Kier molecular flexibility index (Phi) is 5.06. The number of amides is 1. The first-order chi connectivity index (χ1) is 9.24. The third-order valence-electron chi connectivity index (χ3n) is 4.38. The van der Waals surface area contributed by atoms with E-state index in [0.29, 0.717) is 18.0 Å². The van der Waals surface area contributed by atoms with Gasteiger partial charge in [0.25, 0.3) is 5.91 Å². The molecule has 0 radical (unpaired) electrons. The minimum absolute atomic E-state index is 0. The molecule has 20 heavy (non-hydrogen) atoms. The number of hydrogen-bond acceptors (Lipinski definition) is 2. The van der Waals surface area contributed by atoms with Gasteiger partial charge < -0.3 is 11.1 Å². The molecule has 3 rings (SSSR count). The van der Waals surface area contributed by atoms with Crippen LogP contribution in [0.25, 0.3) is 0 Å². The van der Waals surface area contributed by atoms with Gasteiger partial charge in [0.2, 0.25) is 0 Å². The summed E-state index contributed by atoms with van der Waals surface area (Å²) in [4.78, 5) is 12.1. The third kappa shape index (κ3) is 3.53. The molecule has 2 fully saturated rings. The van der Waals surface area contributed by atoms with Crippen molar-refractivity contribution in [3.63, 3.8) is 0 Å². The second kappa shape index (κ2) is 6.59. The topological polar surface area (TPSA) is 55.1 Å². The third-order valence-corrected chi connectivity index (χ3v) is 4.38. The standard InChI is InChI=1S/C16H22N2O.ClH/c17-15-10-14(15)11-6-8-12(9-7-11)16(19)18-13-4-2-1-3-5-13;/h6-9,13-15H,1-5,10,17H2,(H,18,19);1H/t14-,15+;/m0./s1. The van der Waals surface area contributed by atoms with E-state index < -0.39 is 0 Å². The van der Waals surface area contributed by atoms with Crippen molar-refractivity contribution in [1.29, 1.82) is 0 Å². The summed E-state index contributed by atoms with van der Waals surface area (Å²) in [6, 6.07) is 8.65. The Balaban J connectivity index is 0.00000147. The van der Waals surface area contributed by atoms with Crippen molar-refractivity contribution in [2.75, 3.05) is 0 Å². The highest BCUT2D eigenvalue weighted by Crippen LogP contribution is 2.38. The molecule has 110 valence electrons. The Morgan fingerprint density at radius 3 is 2.25 bits per heavy atom. The van der Waals surface area contributed by atoms with E-state index in [0.717, 1.165) is 24.8 Å². The van der Waals surface area contributed by atoms with Gasteiger partial charge in [-0.1, -0.05) is 31.4 Å². The molecule has 0 bridgehead atoms. The van der Waals surface area contributed by atoms with Crippen LogP contribution < -0.4 is 11.1 Å². The van der Waals surface area contributed by atoms with Crippen LogP contribution in [0.2, 0.25) is 0 Å². The van der Waals surface area contributed by atoms with Crippen LogP contribution in [0.3, 0.4) is 0 Å². The Labute approximate surface area is 126 Å². The second-order valence-electron chi connectivity index (χ2n) is 5.94. The molecule has 2 atom stereocenters. The number of rotatable bonds is 3. The number of nitrogens with one attached hydrogen (secondary N) is 1. The highest BCUT2D eigenvalue weighted by molar-refractivity contribution is 5.94. The van der Waals surface area contributed by atoms with Crippen LogP contribution in [0.5, 0.6) is 0 Å². The van der Waals surface area contributed by atoms with Crippen molar-refractivity contribution in [2.24, 2.45) is 5.73 Å². The molecule has 1 aromatic carbocycles. The second-order valence-corrected chi connectivity index (χ2v) is 5.94. The molecule has 4 heteroatoms. The van der Waals surface area contributed by atoms with Crippen LogP contribution in [0.1, 0.15) is 60.4 Å². The summed E-state index contributed by atoms with van der Waals surface area (Å²) >= 11 is 0. The van der Waals surface area contributed by atoms with E-state index in [1.54, 1.807) is 0 Å². The van der Waals surface area contributed by atoms with Gasteiger partial charge in [0.05, 0.1) is 0 Å². The van der Waals surface area contributed by atoms with Crippen LogP contribution in [-0.4, -0.2) is 18.0 Å². The number of carbonyl (C=O) groups excluding carboxylic acids is 1. The van der Waals surface area contributed by atoms with Gasteiger partial charge in [-0.05, 0) is 37.0 Å². The zero-order valence-corrected chi connectivity index (χ0v) is 12.5. The van der Waals surface area contributed by atoms with Crippen molar-refractivity contribution in [1.82, 2.24) is 5.32 Å². The molecule has 2 saturated carbocycles. The van der Waals surface area contributed by atoms with Gasteiger partial charge in [-0.15, -0.1) is 12.4 Å². The number of nitrogens with two attached hydrogens (primary N) is 1. The van der Waals surface area contributed by atoms with Gasteiger partial charge >= 0.3 is 0 Å². The molecule has 0 aliphatic heterocycles. The minimum atomic E-state index is 0. The molecule has 0 saturated heterocycles. The first-order valence-electron chi connectivity index (χ1n) is 7.40. The van der Waals surface area contributed by atoms with Crippen LogP contribution in [-0.2, 0) is 0 Å². The summed E-state index contributed by atoms with van der Waals surface area (Å²) in [6.07, 6.45) is 7.12. The molecule has 0 unspecified atom stereocenters. The monoisotopic (exact) mass is 294 g/mol. The van der Waals surface area contributed by atoms with E-state index >= 15 is 0 Å². The van der Waals surface area contributed by atoms with E-state index in [1.165, 1.54) is 24.8 Å². The van der Waals surface area contributed by atoms with E-state index in [-0.39, 0.29) is 18.3 Å². The fourth-order valence-electron chi connectivity index (χ4n) is 3.00. The van der Waals surface area contributed by atoms with Crippen LogP contribution >= 0.6 is 12.4 Å². The summed E-state index contributed by atoms with van der Waals surface area (Å²) in [6.45, 7) is 0. The molecular weight excluding hydrogens is 272 g/mol. The highest BCUT2D eigenvalue weighted by Gasteiger charge is 2.34. The zero-order valence-electron chi connectivity index (χ0n) is 11.7. The Morgan fingerprint density at radius 1 is 1.10 bits per heavy atom. The number of benzene rings is 1. The largest absolute Gasteiger partial charge is 0.349 e. The zero-order chi connectivity index (χ0) is 13.2. The predicted molar refractivity (Wildman–Crippen MR) is 83.4 cm³/mol. The SMILES string of the molecule is Cl.N[C@@H]1C[C@H]1c1ccc(C(=O)NC2CCCCC2)cc1. The number of hydrogen-bond donors (Lipinski definition) is 2. The normalized spacial score (nSPS) is 25.6. The van der Waals surface area contributed by atoms with Crippen molar-refractivity contribution in [2.45, 2.75) is 56.5 Å². The lowest BCUT2D eigenvalue weighted by Crippen LogP contribution is -2.36. The summed E-state index contributed by atoms with van der Waals surface area (Å²) in [7, 11) is 0. The number of halogens is 1. The fourth-order valence-corrected chi connectivity index (χ4v) is 3.00. The first kappa shape index (κ1) is 15.3. The van der Waals surface area contributed by atoms with Gasteiger partial charge in [-0.25, -0.2) is 0 Å². The molecule has 0 spiro atoms. The summed E-state index contributed by atoms with van der Waals surface area (Å²) in [5.74, 6) is 0.578. The van der Waals surface area contributed by atoms with Gasteiger partial charge in [-0.3, -0.25) is 4.79 Å². The molecule has 3 N–H and O–H groups in total. The van der Waals surface area contributed by atoms with Gasteiger partial charge in [0.1, 0.15) is 0 Å². The molecule has 0 aromatic heterocycles. The smallest absolute Gasteiger partial charge is 0.251 e. The highest BCUT2D eigenvalue weighted by atomic mass is 35.5. The summed E-state index contributed by atoms with van der Waals surface area (Å²) in [5.41, 5.74) is 7.87. The molecule has 1 aromatic rings. The summed E-state index contributed by atoms with van der Waals surface area (Å²) < 4.78 is 0. The number of carbonyl (C=O) groups is 1. The van der Waals surface area contributed by atoms with Gasteiger partial charge in [0.15, 0.2) is 0 Å². The van der Waals surface area contributed by atoms with E-state index in [2.05, 4.69) is 5.32 Å². The lowest BCUT2D eigenvalue weighted by atomic mass is 9.95. The van der Waals surface area contributed by atoms with Crippen molar-refractivity contribution >= 4 is 18.3 Å². The summed E-state index contributed by atoms with van der Waals surface area (Å²) in [5, 5.41) is 3.14. The molecule has 3 nitrogen and oxygen atoms in total. The lowest BCUT2D eigenvalue weighted by molar-refractivity contribution is 0.0927. The van der Waals surface area contributed by atoms with Crippen LogP contribution in [0, 0.1) is 0 Å². The van der Waals surface area contributed by atoms with Crippen LogP contribution in [0.15, 0.2) is 24.3 Å². The maximum Gasteiger partial charge on any atom is 0.251 e. The maximum absolute atomic E-state index is 12.1. The Morgan fingerprint density at radius 2 is 1.70 bits per heavy atom. The van der Waals surface area contributed by atoms with Crippen molar-refractivity contribution in [3.05, 3.63) is 35.4 Å². The predicted octanol–water partition coefficient (Wildman–Crippen LogP) is 2.99. The molecule has 1 amide bonds. The van der Waals surface area contributed by atoms with Crippen LogP contribution in [0.4, 0.5) is 0 Å². The maximum atomic E-state index is 12.1. The lowest BCUT2D eigenvalue weighted by Gasteiger charge is -2.22. The van der Waals surface area contributed by atoms with Crippen molar-refractivity contribution < 1.29 is 4.79 Å². The quantitative estimate of drug-likeness (QED) is 0.900.